The highest BCUT2D eigenvalue weighted by Crippen LogP contribution is 2.24. The van der Waals surface area contributed by atoms with Gasteiger partial charge in [-0.15, -0.1) is 0 Å². The number of morpholine rings is 1. The van der Waals surface area contributed by atoms with E-state index in [1.54, 1.807) is 0 Å². The fourth-order valence-corrected chi connectivity index (χ4v) is 2.79. The summed E-state index contributed by atoms with van der Waals surface area (Å²) in [5.74, 6) is 0.300. The van der Waals surface area contributed by atoms with Crippen molar-refractivity contribution in [3.63, 3.8) is 0 Å². The van der Waals surface area contributed by atoms with Crippen LogP contribution in [-0.4, -0.2) is 42.1 Å². The number of rotatable bonds is 6. The maximum atomic E-state index is 7.56. The predicted molar refractivity (Wildman–Crippen MR) is 80.6 cm³/mol. The molecule has 0 aliphatic carbocycles. The largest absolute Gasteiger partial charge is 0.387 e. The Hall–Kier alpha value is -0.610. The molecule has 1 aliphatic rings. The van der Waals surface area contributed by atoms with Crippen molar-refractivity contribution < 1.29 is 4.74 Å². The normalized spacial score (nSPS) is 24.4. The molecule has 0 radical (unpaired) electrons. The van der Waals surface area contributed by atoms with Gasteiger partial charge in [-0.05, 0) is 40.2 Å². The average Bonchev–Trinajstić information content (AvgIpc) is 2.21. The Morgan fingerprint density at radius 2 is 2.05 bits per heavy atom. The van der Waals surface area contributed by atoms with Gasteiger partial charge in [0.2, 0.25) is 0 Å². The molecule has 1 atom stereocenters. The van der Waals surface area contributed by atoms with Crippen molar-refractivity contribution in [2.45, 2.75) is 65.6 Å². The smallest absolute Gasteiger partial charge is 0.0963 e. The number of nitrogens with two attached hydrogens (primary N) is 1. The summed E-state index contributed by atoms with van der Waals surface area (Å²) in [4.78, 5) is 2.49. The van der Waals surface area contributed by atoms with E-state index in [1.807, 2.05) is 0 Å². The molecule has 0 aromatic heterocycles. The highest BCUT2D eigenvalue weighted by Gasteiger charge is 2.30. The zero-order valence-electron chi connectivity index (χ0n) is 13.3. The first-order chi connectivity index (χ1) is 8.62. The van der Waals surface area contributed by atoms with Gasteiger partial charge in [-0.2, -0.15) is 0 Å². The number of nitrogens with one attached hydrogen (secondary N) is 1. The third kappa shape index (κ3) is 5.49. The lowest BCUT2D eigenvalue weighted by atomic mass is 9.86. The highest BCUT2D eigenvalue weighted by atomic mass is 16.5. The van der Waals surface area contributed by atoms with Crippen LogP contribution in [0.25, 0.3) is 0 Å². The van der Waals surface area contributed by atoms with Crippen LogP contribution in [0.3, 0.4) is 0 Å². The molecule has 0 amide bonds. The van der Waals surface area contributed by atoms with Gasteiger partial charge in [0.15, 0.2) is 0 Å². The standard InChI is InChI=1S/C15H31N3O/c1-12-10-18(11-15(4,5)19-12)9-7-6-8-14(2,3)13(16)17/h12H,6-11H2,1-5H3,(H3,16,17). The fraction of sp³-hybridized carbons (Fsp3) is 0.933. The summed E-state index contributed by atoms with van der Waals surface area (Å²) in [5, 5.41) is 7.56. The van der Waals surface area contributed by atoms with Crippen molar-refractivity contribution in [2.24, 2.45) is 11.1 Å². The van der Waals surface area contributed by atoms with Crippen LogP contribution in [-0.2, 0) is 4.74 Å². The number of amidine groups is 1. The summed E-state index contributed by atoms with van der Waals surface area (Å²) < 4.78 is 5.91. The molecule has 1 fully saturated rings. The summed E-state index contributed by atoms with van der Waals surface area (Å²) in [7, 11) is 0. The Morgan fingerprint density at radius 3 is 2.58 bits per heavy atom. The zero-order chi connectivity index (χ0) is 14.7. The predicted octanol–water partition coefficient (Wildman–Crippen LogP) is 2.62. The Labute approximate surface area is 118 Å². The number of unbranched alkanes of at least 4 members (excludes halogenated alkanes) is 1. The van der Waals surface area contributed by atoms with Crippen LogP contribution < -0.4 is 5.73 Å². The van der Waals surface area contributed by atoms with Crippen LogP contribution in [0.2, 0.25) is 0 Å². The fourth-order valence-electron chi connectivity index (χ4n) is 2.79. The molecule has 1 saturated heterocycles. The maximum absolute atomic E-state index is 7.56. The Balaban J connectivity index is 2.28. The molecule has 1 aliphatic heterocycles. The number of hydrogen-bond donors (Lipinski definition) is 2. The number of hydrogen-bond acceptors (Lipinski definition) is 3. The van der Waals surface area contributed by atoms with Crippen LogP contribution in [0.5, 0.6) is 0 Å². The second-order valence-corrected chi connectivity index (χ2v) is 7.18. The molecule has 0 spiro atoms. The number of nitrogens with zero attached hydrogens (tertiary/aromatic N) is 1. The van der Waals surface area contributed by atoms with E-state index in [-0.39, 0.29) is 11.0 Å². The van der Waals surface area contributed by atoms with E-state index in [9.17, 15) is 0 Å². The van der Waals surface area contributed by atoms with Gasteiger partial charge in [-0.25, -0.2) is 0 Å². The van der Waals surface area contributed by atoms with Crippen LogP contribution in [0.4, 0.5) is 0 Å². The Morgan fingerprint density at radius 1 is 1.42 bits per heavy atom. The van der Waals surface area contributed by atoms with Gasteiger partial charge < -0.3 is 10.5 Å². The van der Waals surface area contributed by atoms with E-state index in [0.29, 0.717) is 11.9 Å². The highest BCUT2D eigenvalue weighted by molar-refractivity contribution is 5.82. The quantitative estimate of drug-likeness (QED) is 0.442. The van der Waals surface area contributed by atoms with E-state index in [0.717, 1.165) is 32.5 Å². The van der Waals surface area contributed by atoms with Crippen molar-refractivity contribution >= 4 is 5.84 Å². The molecule has 0 saturated carbocycles. The van der Waals surface area contributed by atoms with Crippen molar-refractivity contribution in [1.82, 2.24) is 4.90 Å². The molecule has 1 rings (SSSR count). The van der Waals surface area contributed by atoms with Crippen LogP contribution in [0.1, 0.15) is 53.9 Å². The molecular formula is C15H31N3O. The first-order valence-electron chi connectivity index (χ1n) is 7.37. The third-order valence-corrected chi connectivity index (χ3v) is 3.90. The van der Waals surface area contributed by atoms with E-state index in [2.05, 4.69) is 39.5 Å². The topological polar surface area (TPSA) is 62.3 Å². The van der Waals surface area contributed by atoms with E-state index in [4.69, 9.17) is 15.9 Å². The summed E-state index contributed by atoms with van der Waals surface area (Å²) in [6.45, 7) is 13.7. The molecular weight excluding hydrogens is 238 g/mol. The lowest BCUT2D eigenvalue weighted by Crippen LogP contribution is -2.51. The van der Waals surface area contributed by atoms with Crippen LogP contribution in [0.15, 0.2) is 0 Å². The van der Waals surface area contributed by atoms with E-state index < -0.39 is 0 Å². The van der Waals surface area contributed by atoms with Crippen molar-refractivity contribution in [2.75, 3.05) is 19.6 Å². The van der Waals surface area contributed by atoms with Crippen LogP contribution >= 0.6 is 0 Å². The van der Waals surface area contributed by atoms with E-state index >= 15 is 0 Å². The monoisotopic (exact) mass is 269 g/mol. The summed E-state index contributed by atoms with van der Waals surface area (Å²) >= 11 is 0. The molecule has 1 heterocycles. The zero-order valence-corrected chi connectivity index (χ0v) is 13.3. The second-order valence-electron chi connectivity index (χ2n) is 7.18. The lowest BCUT2D eigenvalue weighted by molar-refractivity contribution is -0.128. The minimum atomic E-state index is -0.155. The molecule has 0 aromatic rings. The van der Waals surface area contributed by atoms with E-state index in [1.165, 1.54) is 6.42 Å². The van der Waals surface area contributed by atoms with Gasteiger partial charge >= 0.3 is 0 Å². The molecule has 4 nitrogen and oxygen atoms in total. The van der Waals surface area contributed by atoms with Gasteiger partial charge in [-0.1, -0.05) is 20.3 Å². The molecule has 0 bridgehead atoms. The molecule has 3 N–H and O–H groups in total. The Kier molecular flexibility index (Phi) is 5.39. The third-order valence-electron chi connectivity index (χ3n) is 3.90. The van der Waals surface area contributed by atoms with Gasteiger partial charge in [0.05, 0.1) is 17.5 Å². The summed E-state index contributed by atoms with van der Waals surface area (Å²) in [6, 6.07) is 0. The Bertz CT molecular complexity index is 313. The minimum Gasteiger partial charge on any atom is -0.387 e. The van der Waals surface area contributed by atoms with Gasteiger partial charge in [0.25, 0.3) is 0 Å². The summed E-state index contributed by atoms with van der Waals surface area (Å²) in [6.07, 6.45) is 3.60. The first-order valence-corrected chi connectivity index (χ1v) is 7.37. The average molecular weight is 269 g/mol. The van der Waals surface area contributed by atoms with Crippen LogP contribution in [0, 0.1) is 10.8 Å². The first kappa shape index (κ1) is 16.4. The van der Waals surface area contributed by atoms with Gasteiger partial charge in [-0.3, -0.25) is 10.3 Å². The minimum absolute atomic E-state index is 0.0314. The van der Waals surface area contributed by atoms with Gasteiger partial charge in [0, 0.05) is 18.5 Å². The molecule has 112 valence electrons. The van der Waals surface area contributed by atoms with Crippen molar-refractivity contribution in [3.8, 4) is 0 Å². The van der Waals surface area contributed by atoms with Crippen molar-refractivity contribution in [3.05, 3.63) is 0 Å². The SMILES string of the molecule is CC1CN(CCCCC(C)(C)C(=N)N)CC(C)(C)O1. The van der Waals surface area contributed by atoms with Crippen molar-refractivity contribution in [1.29, 1.82) is 5.41 Å². The van der Waals surface area contributed by atoms with Gasteiger partial charge in [0.1, 0.15) is 0 Å². The molecule has 4 heteroatoms. The molecule has 19 heavy (non-hydrogen) atoms. The summed E-state index contributed by atoms with van der Waals surface area (Å²) in [5.41, 5.74) is 5.42. The second kappa shape index (κ2) is 6.23. The number of ether oxygens (including phenoxy) is 1. The maximum Gasteiger partial charge on any atom is 0.0963 e. The molecule has 1 unspecified atom stereocenters. The molecule has 0 aromatic carbocycles. The lowest BCUT2D eigenvalue weighted by Gasteiger charge is -2.41.